The topological polar surface area (TPSA) is 49.4 Å². The summed E-state index contributed by atoms with van der Waals surface area (Å²) in [4.78, 5) is 25.2. The Morgan fingerprint density at radius 1 is 1.39 bits per heavy atom. The molecule has 2 amide bonds. The highest BCUT2D eigenvalue weighted by molar-refractivity contribution is 5.80. The molecule has 124 valence electrons. The molecule has 23 heavy (non-hydrogen) atoms. The molecule has 0 aromatic heterocycles. The van der Waals surface area contributed by atoms with Crippen LogP contribution < -0.4 is 5.32 Å². The SMILES string of the molecule is CCc1ccc(C23CC2CN(C(=O)C(CC)CNC=O)C3)cc1. The first-order valence-electron chi connectivity index (χ1n) is 8.69. The Morgan fingerprint density at radius 3 is 2.74 bits per heavy atom. The fourth-order valence-electron chi connectivity index (χ4n) is 4.02. The summed E-state index contributed by atoms with van der Waals surface area (Å²) >= 11 is 0. The highest BCUT2D eigenvalue weighted by Gasteiger charge is 2.61. The number of carbonyl (C=O) groups is 2. The van der Waals surface area contributed by atoms with E-state index in [1.165, 1.54) is 17.5 Å². The summed E-state index contributed by atoms with van der Waals surface area (Å²) < 4.78 is 0. The highest BCUT2D eigenvalue weighted by Crippen LogP contribution is 2.59. The lowest BCUT2D eigenvalue weighted by atomic mass is 9.93. The second-order valence-corrected chi connectivity index (χ2v) is 6.96. The predicted octanol–water partition coefficient (Wildman–Crippen LogP) is 2.12. The number of aryl methyl sites for hydroxylation is 1. The van der Waals surface area contributed by atoms with Crippen molar-refractivity contribution in [3.8, 4) is 0 Å². The Kier molecular flexibility index (Phi) is 4.42. The molecular formula is C19H26N2O2. The zero-order chi connectivity index (χ0) is 16.4. The third-order valence-electron chi connectivity index (χ3n) is 5.68. The van der Waals surface area contributed by atoms with Gasteiger partial charge in [-0.3, -0.25) is 9.59 Å². The lowest BCUT2D eigenvalue weighted by Gasteiger charge is -2.25. The molecule has 1 saturated carbocycles. The number of rotatable bonds is 7. The van der Waals surface area contributed by atoms with E-state index < -0.39 is 0 Å². The summed E-state index contributed by atoms with van der Waals surface area (Å²) in [7, 11) is 0. The van der Waals surface area contributed by atoms with E-state index in [0.29, 0.717) is 18.9 Å². The van der Waals surface area contributed by atoms with Crippen LogP contribution in [0.25, 0.3) is 0 Å². The van der Waals surface area contributed by atoms with E-state index in [4.69, 9.17) is 0 Å². The predicted molar refractivity (Wildman–Crippen MR) is 90.0 cm³/mol. The van der Waals surface area contributed by atoms with Crippen LogP contribution in [0.1, 0.15) is 37.8 Å². The van der Waals surface area contributed by atoms with E-state index in [2.05, 4.69) is 36.5 Å². The quantitative estimate of drug-likeness (QED) is 0.784. The van der Waals surface area contributed by atoms with Gasteiger partial charge in [0.1, 0.15) is 0 Å². The minimum atomic E-state index is -0.0998. The van der Waals surface area contributed by atoms with Crippen LogP contribution in [0.15, 0.2) is 24.3 Å². The number of amides is 2. The maximum Gasteiger partial charge on any atom is 0.227 e. The second-order valence-electron chi connectivity index (χ2n) is 6.96. The molecule has 0 bridgehead atoms. The molecule has 3 rings (SSSR count). The van der Waals surface area contributed by atoms with Crippen LogP contribution in [0.4, 0.5) is 0 Å². The third kappa shape index (κ3) is 2.87. The Balaban J connectivity index is 1.68. The Hall–Kier alpha value is -1.84. The maximum absolute atomic E-state index is 12.7. The first kappa shape index (κ1) is 16.0. The molecule has 0 spiro atoms. The number of hydrogen-bond acceptors (Lipinski definition) is 2. The molecule has 3 unspecified atom stereocenters. The molecule has 0 radical (unpaired) electrons. The molecule has 2 fully saturated rings. The van der Waals surface area contributed by atoms with Crippen molar-refractivity contribution in [2.45, 2.75) is 38.5 Å². The van der Waals surface area contributed by atoms with E-state index in [1.54, 1.807) is 0 Å². The summed E-state index contributed by atoms with van der Waals surface area (Å²) in [6.45, 7) is 6.32. The van der Waals surface area contributed by atoms with Gasteiger partial charge in [0.05, 0.1) is 5.92 Å². The first-order chi connectivity index (χ1) is 11.1. The number of carbonyl (C=O) groups excluding carboxylic acids is 2. The van der Waals surface area contributed by atoms with Gasteiger partial charge in [-0.1, -0.05) is 38.1 Å². The average Bonchev–Trinajstić information content (AvgIpc) is 3.17. The molecule has 1 heterocycles. The van der Waals surface area contributed by atoms with Gasteiger partial charge in [-0.25, -0.2) is 0 Å². The minimum Gasteiger partial charge on any atom is -0.358 e. The van der Waals surface area contributed by atoms with Gasteiger partial charge < -0.3 is 10.2 Å². The van der Waals surface area contributed by atoms with Crippen molar-refractivity contribution in [2.24, 2.45) is 11.8 Å². The Bertz CT molecular complexity index is 584. The van der Waals surface area contributed by atoms with Gasteiger partial charge in [0.15, 0.2) is 0 Å². The van der Waals surface area contributed by atoms with Gasteiger partial charge >= 0.3 is 0 Å². The van der Waals surface area contributed by atoms with Crippen LogP contribution >= 0.6 is 0 Å². The van der Waals surface area contributed by atoms with Crippen LogP contribution in [-0.2, 0) is 21.4 Å². The lowest BCUT2D eigenvalue weighted by molar-refractivity contribution is -0.135. The van der Waals surface area contributed by atoms with Crippen LogP contribution in [0.2, 0.25) is 0 Å². The number of nitrogens with one attached hydrogen (secondary N) is 1. The second kappa shape index (κ2) is 6.34. The van der Waals surface area contributed by atoms with E-state index in [-0.39, 0.29) is 17.2 Å². The van der Waals surface area contributed by atoms with E-state index in [0.717, 1.165) is 25.9 Å². The molecule has 3 atom stereocenters. The molecule has 4 heteroatoms. The van der Waals surface area contributed by atoms with Crippen molar-refractivity contribution < 1.29 is 9.59 Å². The number of nitrogens with zero attached hydrogens (tertiary/aromatic N) is 1. The van der Waals surface area contributed by atoms with E-state index >= 15 is 0 Å². The maximum atomic E-state index is 12.7. The summed E-state index contributed by atoms with van der Waals surface area (Å²) in [6, 6.07) is 8.93. The molecular weight excluding hydrogens is 288 g/mol. The monoisotopic (exact) mass is 314 g/mol. The molecule has 1 aliphatic carbocycles. The van der Waals surface area contributed by atoms with Gasteiger partial charge in [-0.2, -0.15) is 0 Å². The van der Waals surface area contributed by atoms with Crippen molar-refractivity contribution in [2.75, 3.05) is 19.6 Å². The first-order valence-corrected chi connectivity index (χ1v) is 8.69. The fourth-order valence-corrected chi connectivity index (χ4v) is 4.02. The Morgan fingerprint density at radius 2 is 2.13 bits per heavy atom. The largest absolute Gasteiger partial charge is 0.358 e. The normalized spacial score (nSPS) is 26.5. The smallest absolute Gasteiger partial charge is 0.227 e. The van der Waals surface area contributed by atoms with E-state index in [9.17, 15) is 9.59 Å². The van der Waals surface area contributed by atoms with Crippen LogP contribution in [0, 0.1) is 11.8 Å². The van der Waals surface area contributed by atoms with Crippen molar-refractivity contribution in [1.29, 1.82) is 0 Å². The van der Waals surface area contributed by atoms with E-state index in [1.807, 2.05) is 11.8 Å². The number of piperidine rings is 1. The number of fused-ring (bicyclic) bond motifs is 1. The third-order valence-corrected chi connectivity index (χ3v) is 5.68. The fraction of sp³-hybridized carbons (Fsp3) is 0.579. The molecule has 1 saturated heterocycles. The standard InChI is InChI=1S/C19H26N2O2/c1-3-14-5-7-16(8-6-14)19-9-17(19)11-21(12-19)18(23)15(4-2)10-20-13-22/h5-8,13,15,17H,3-4,9-12H2,1-2H3,(H,20,22). The average molecular weight is 314 g/mol. The van der Waals surface area contributed by atoms with Crippen molar-refractivity contribution in [1.82, 2.24) is 10.2 Å². The zero-order valence-corrected chi connectivity index (χ0v) is 14.0. The summed E-state index contributed by atoms with van der Waals surface area (Å²) in [5.41, 5.74) is 2.94. The Labute approximate surface area is 138 Å². The summed E-state index contributed by atoms with van der Waals surface area (Å²) in [5, 5.41) is 2.65. The van der Waals surface area contributed by atoms with Gasteiger partial charge in [0, 0.05) is 25.0 Å². The zero-order valence-electron chi connectivity index (χ0n) is 14.0. The van der Waals surface area contributed by atoms with Crippen LogP contribution in [-0.4, -0.2) is 36.9 Å². The minimum absolute atomic E-state index is 0.0998. The van der Waals surface area contributed by atoms with Crippen molar-refractivity contribution in [3.05, 3.63) is 35.4 Å². The van der Waals surface area contributed by atoms with Crippen molar-refractivity contribution >= 4 is 12.3 Å². The van der Waals surface area contributed by atoms with Gasteiger partial charge in [0.25, 0.3) is 0 Å². The molecule has 1 aromatic rings. The van der Waals surface area contributed by atoms with Crippen LogP contribution in [0.3, 0.4) is 0 Å². The number of benzene rings is 1. The molecule has 1 aromatic carbocycles. The highest BCUT2D eigenvalue weighted by atomic mass is 16.2. The summed E-state index contributed by atoms with van der Waals surface area (Å²) in [5.74, 6) is 0.700. The molecule has 2 aliphatic rings. The number of hydrogen-bond donors (Lipinski definition) is 1. The van der Waals surface area contributed by atoms with Crippen LogP contribution in [0.5, 0.6) is 0 Å². The lowest BCUT2D eigenvalue weighted by Crippen LogP contribution is -2.40. The molecule has 1 aliphatic heterocycles. The van der Waals surface area contributed by atoms with Gasteiger partial charge in [-0.05, 0) is 36.3 Å². The van der Waals surface area contributed by atoms with Gasteiger partial charge in [0.2, 0.25) is 12.3 Å². The number of likely N-dealkylation sites (tertiary alicyclic amines) is 1. The van der Waals surface area contributed by atoms with Gasteiger partial charge in [-0.15, -0.1) is 0 Å². The summed E-state index contributed by atoms with van der Waals surface area (Å²) in [6.07, 6.45) is 3.70. The molecule has 1 N–H and O–H groups in total. The van der Waals surface area contributed by atoms with Crippen molar-refractivity contribution in [3.63, 3.8) is 0 Å². The molecule has 4 nitrogen and oxygen atoms in total.